The molecule has 1 aliphatic rings. The monoisotopic (exact) mass is 305 g/mol. The zero-order chi connectivity index (χ0) is 15.9. The van der Waals surface area contributed by atoms with Crippen LogP contribution in [-0.2, 0) is 4.79 Å². The van der Waals surface area contributed by atoms with E-state index in [0.29, 0.717) is 31.9 Å². The van der Waals surface area contributed by atoms with Gasteiger partial charge in [-0.15, -0.1) is 10.2 Å². The fourth-order valence-electron chi connectivity index (χ4n) is 2.35. The second-order valence-corrected chi connectivity index (χ2v) is 5.49. The zero-order valence-corrected chi connectivity index (χ0v) is 13.2. The maximum Gasteiger partial charge on any atom is 0.274 e. The molecule has 0 unspecified atom stereocenters. The highest BCUT2D eigenvalue weighted by atomic mass is 16.2. The first-order valence-electron chi connectivity index (χ1n) is 7.69. The molecule has 22 heavy (non-hydrogen) atoms. The minimum Gasteiger partial charge on any atom is -0.358 e. The van der Waals surface area contributed by atoms with E-state index in [1.807, 2.05) is 18.0 Å². The van der Waals surface area contributed by atoms with E-state index in [2.05, 4.69) is 17.1 Å². The van der Waals surface area contributed by atoms with E-state index in [0.717, 1.165) is 31.6 Å². The molecule has 1 aromatic heterocycles. The number of rotatable bonds is 6. The van der Waals surface area contributed by atoms with Crippen molar-refractivity contribution in [2.75, 3.05) is 44.7 Å². The summed E-state index contributed by atoms with van der Waals surface area (Å²) in [7, 11) is 1.97. The number of carbonyl (C=O) groups excluding carboxylic acids is 2. The summed E-state index contributed by atoms with van der Waals surface area (Å²) in [5.41, 5.74) is 0.354. The molecule has 7 heteroatoms. The van der Waals surface area contributed by atoms with Crippen molar-refractivity contribution >= 4 is 18.1 Å². The van der Waals surface area contributed by atoms with Crippen LogP contribution in [-0.4, -0.2) is 72.1 Å². The molecule has 0 atom stereocenters. The van der Waals surface area contributed by atoms with E-state index in [4.69, 9.17) is 0 Å². The standard InChI is InChI=1S/C15H23N5O2/c1-3-4-7-18(2)14-6-5-13(16-17-14)15(22)20-10-8-19(12-21)9-11-20/h5-6,12H,3-4,7-11H2,1-2H3. The molecule has 0 N–H and O–H groups in total. The first-order valence-corrected chi connectivity index (χ1v) is 7.69. The van der Waals surface area contributed by atoms with Gasteiger partial charge in [-0.25, -0.2) is 0 Å². The van der Waals surface area contributed by atoms with Gasteiger partial charge in [0.05, 0.1) is 0 Å². The van der Waals surface area contributed by atoms with Crippen LogP contribution in [0.25, 0.3) is 0 Å². The Balaban J connectivity index is 1.95. The molecule has 0 bridgehead atoms. The summed E-state index contributed by atoms with van der Waals surface area (Å²) in [4.78, 5) is 28.4. The fraction of sp³-hybridized carbons (Fsp3) is 0.600. The summed E-state index contributed by atoms with van der Waals surface area (Å²) < 4.78 is 0. The zero-order valence-electron chi connectivity index (χ0n) is 13.2. The largest absolute Gasteiger partial charge is 0.358 e. The van der Waals surface area contributed by atoms with Crippen LogP contribution < -0.4 is 4.90 Å². The Hall–Kier alpha value is -2.18. The van der Waals surface area contributed by atoms with Gasteiger partial charge in [0, 0.05) is 39.8 Å². The van der Waals surface area contributed by atoms with Crippen molar-refractivity contribution in [2.45, 2.75) is 19.8 Å². The second-order valence-electron chi connectivity index (χ2n) is 5.49. The van der Waals surface area contributed by atoms with Crippen molar-refractivity contribution in [1.29, 1.82) is 0 Å². The summed E-state index contributed by atoms with van der Waals surface area (Å²) >= 11 is 0. The number of anilines is 1. The molecule has 2 rings (SSSR count). The van der Waals surface area contributed by atoms with Crippen LogP contribution in [0.3, 0.4) is 0 Å². The van der Waals surface area contributed by atoms with Crippen molar-refractivity contribution in [3.8, 4) is 0 Å². The van der Waals surface area contributed by atoms with Gasteiger partial charge in [-0.3, -0.25) is 9.59 Å². The molecule has 0 aromatic carbocycles. The van der Waals surface area contributed by atoms with Gasteiger partial charge >= 0.3 is 0 Å². The lowest BCUT2D eigenvalue weighted by atomic mass is 10.2. The van der Waals surface area contributed by atoms with Crippen molar-refractivity contribution in [3.05, 3.63) is 17.8 Å². The molecule has 0 saturated carbocycles. The summed E-state index contributed by atoms with van der Waals surface area (Å²) in [6, 6.07) is 3.55. The van der Waals surface area contributed by atoms with Gasteiger partial charge in [0.15, 0.2) is 11.5 Å². The Morgan fingerprint density at radius 2 is 2.00 bits per heavy atom. The fourth-order valence-corrected chi connectivity index (χ4v) is 2.35. The molecule has 0 radical (unpaired) electrons. The summed E-state index contributed by atoms with van der Waals surface area (Å²) in [5, 5.41) is 8.20. The van der Waals surface area contributed by atoms with Gasteiger partial charge in [-0.05, 0) is 18.6 Å². The third-order valence-corrected chi connectivity index (χ3v) is 3.86. The van der Waals surface area contributed by atoms with Crippen molar-refractivity contribution in [1.82, 2.24) is 20.0 Å². The highest BCUT2D eigenvalue weighted by Gasteiger charge is 2.22. The number of unbranched alkanes of at least 4 members (excludes halogenated alkanes) is 1. The predicted molar refractivity (Wildman–Crippen MR) is 83.8 cm³/mol. The molecule has 0 aliphatic carbocycles. The lowest BCUT2D eigenvalue weighted by molar-refractivity contribution is -0.119. The van der Waals surface area contributed by atoms with Gasteiger partial charge in [-0.1, -0.05) is 13.3 Å². The van der Waals surface area contributed by atoms with Crippen molar-refractivity contribution < 1.29 is 9.59 Å². The molecule has 1 fully saturated rings. The number of carbonyl (C=O) groups is 2. The number of hydrogen-bond donors (Lipinski definition) is 0. The highest BCUT2D eigenvalue weighted by molar-refractivity contribution is 5.92. The average molecular weight is 305 g/mol. The van der Waals surface area contributed by atoms with E-state index in [1.165, 1.54) is 0 Å². The molecule has 1 aromatic rings. The second kappa shape index (κ2) is 7.72. The van der Waals surface area contributed by atoms with E-state index in [1.54, 1.807) is 15.9 Å². The van der Waals surface area contributed by atoms with Gasteiger partial charge in [0.25, 0.3) is 5.91 Å². The van der Waals surface area contributed by atoms with Crippen LogP contribution in [0.15, 0.2) is 12.1 Å². The Kier molecular flexibility index (Phi) is 5.68. The maximum absolute atomic E-state index is 12.4. The van der Waals surface area contributed by atoms with Crippen molar-refractivity contribution in [2.24, 2.45) is 0 Å². The number of aromatic nitrogens is 2. The maximum atomic E-state index is 12.4. The summed E-state index contributed by atoms with van der Waals surface area (Å²) in [5.74, 6) is 0.650. The lowest BCUT2D eigenvalue weighted by Gasteiger charge is -2.32. The molecule has 120 valence electrons. The van der Waals surface area contributed by atoms with Crippen molar-refractivity contribution in [3.63, 3.8) is 0 Å². The summed E-state index contributed by atoms with van der Waals surface area (Å²) in [6.07, 6.45) is 3.05. The normalized spacial score (nSPS) is 14.8. The predicted octanol–water partition coefficient (Wildman–Crippen LogP) is 0.627. The average Bonchev–Trinajstić information content (AvgIpc) is 2.59. The van der Waals surface area contributed by atoms with E-state index in [9.17, 15) is 9.59 Å². The Labute approximate surface area is 130 Å². The molecule has 1 aliphatic heterocycles. The molecule has 1 saturated heterocycles. The molecule has 2 heterocycles. The summed E-state index contributed by atoms with van der Waals surface area (Å²) in [6.45, 7) is 5.29. The minimum atomic E-state index is -0.124. The minimum absolute atomic E-state index is 0.124. The first kappa shape index (κ1) is 16.2. The van der Waals surface area contributed by atoms with E-state index < -0.39 is 0 Å². The van der Waals surface area contributed by atoms with Crippen LogP contribution in [0.4, 0.5) is 5.82 Å². The van der Waals surface area contributed by atoms with Gasteiger partial charge in [0.1, 0.15) is 0 Å². The SMILES string of the molecule is CCCCN(C)c1ccc(C(=O)N2CCN(C=O)CC2)nn1. The van der Waals surface area contributed by atoms with E-state index in [-0.39, 0.29) is 5.91 Å². The Bertz CT molecular complexity index is 497. The number of piperazine rings is 1. The van der Waals surface area contributed by atoms with Crippen LogP contribution in [0, 0.1) is 0 Å². The van der Waals surface area contributed by atoms with Gasteiger partial charge in [-0.2, -0.15) is 0 Å². The molecule has 7 nitrogen and oxygen atoms in total. The quantitative estimate of drug-likeness (QED) is 0.721. The smallest absolute Gasteiger partial charge is 0.274 e. The molecular formula is C15H23N5O2. The first-order chi connectivity index (χ1) is 10.7. The lowest BCUT2D eigenvalue weighted by Crippen LogP contribution is -2.48. The van der Waals surface area contributed by atoms with Crippen LogP contribution >= 0.6 is 0 Å². The van der Waals surface area contributed by atoms with Crippen LogP contribution in [0.2, 0.25) is 0 Å². The Morgan fingerprint density at radius 1 is 1.27 bits per heavy atom. The number of hydrogen-bond acceptors (Lipinski definition) is 5. The molecular weight excluding hydrogens is 282 g/mol. The molecule has 2 amide bonds. The Morgan fingerprint density at radius 3 is 2.55 bits per heavy atom. The van der Waals surface area contributed by atoms with Crippen LogP contribution in [0.5, 0.6) is 0 Å². The van der Waals surface area contributed by atoms with Crippen LogP contribution in [0.1, 0.15) is 30.3 Å². The van der Waals surface area contributed by atoms with E-state index >= 15 is 0 Å². The third-order valence-electron chi connectivity index (χ3n) is 3.86. The molecule has 0 spiro atoms. The number of amides is 2. The topological polar surface area (TPSA) is 69.6 Å². The van der Waals surface area contributed by atoms with Gasteiger partial charge in [0.2, 0.25) is 6.41 Å². The number of nitrogens with zero attached hydrogens (tertiary/aromatic N) is 5. The van der Waals surface area contributed by atoms with Gasteiger partial charge < -0.3 is 14.7 Å². The third kappa shape index (κ3) is 3.93. The highest BCUT2D eigenvalue weighted by Crippen LogP contribution is 2.11.